The van der Waals surface area contributed by atoms with Crippen LogP contribution in [0.25, 0.3) is 11.6 Å². The van der Waals surface area contributed by atoms with Crippen LogP contribution < -0.4 is 11.1 Å². The summed E-state index contributed by atoms with van der Waals surface area (Å²) in [5.74, 6) is 0.835. The summed E-state index contributed by atoms with van der Waals surface area (Å²) in [6.45, 7) is 0. The number of benzene rings is 2. The van der Waals surface area contributed by atoms with Crippen molar-refractivity contribution < 1.29 is 17.6 Å². The molecule has 31 heavy (non-hydrogen) atoms. The quantitative estimate of drug-likeness (QED) is 0.473. The molecule has 3 aromatic rings. The van der Waals surface area contributed by atoms with Gasteiger partial charge in [0.15, 0.2) is 9.84 Å². The predicted octanol–water partition coefficient (Wildman–Crippen LogP) is 4.21. The van der Waals surface area contributed by atoms with Crippen molar-refractivity contribution in [3.63, 3.8) is 0 Å². The Labute approximate surface area is 180 Å². The van der Waals surface area contributed by atoms with Crippen molar-refractivity contribution in [1.29, 1.82) is 0 Å². The van der Waals surface area contributed by atoms with Gasteiger partial charge in [-0.1, -0.05) is 18.2 Å². The lowest BCUT2D eigenvalue weighted by atomic mass is 9.95. The van der Waals surface area contributed by atoms with Crippen molar-refractivity contribution in [1.82, 2.24) is 0 Å². The number of carbonyl (C=O) groups excluding carboxylic acids is 1. The molecule has 0 saturated carbocycles. The van der Waals surface area contributed by atoms with Gasteiger partial charge in [0, 0.05) is 28.9 Å². The van der Waals surface area contributed by atoms with E-state index in [4.69, 9.17) is 10.2 Å². The van der Waals surface area contributed by atoms with Gasteiger partial charge >= 0.3 is 0 Å². The molecule has 1 amide bonds. The normalized spacial score (nSPS) is 16.8. The Hall–Kier alpha value is -3.32. The largest absolute Gasteiger partial charge is 0.461 e. The number of aryl methyl sites for hydroxylation is 1. The smallest absolute Gasteiger partial charge is 0.256 e. The van der Waals surface area contributed by atoms with Crippen molar-refractivity contribution in [2.24, 2.45) is 0 Å². The number of hydrogen-bond acceptors (Lipinski definition) is 5. The van der Waals surface area contributed by atoms with Crippen LogP contribution in [0.2, 0.25) is 0 Å². The van der Waals surface area contributed by atoms with Crippen molar-refractivity contribution >= 4 is 38.8 Å². The van der Waals surface area contributed by atoms with Gasteiger partial charge < -0.3 is 15.5 Å². The molecule has 0 bridgehead atoms. The Morgan fingerprint density at radius 3 is 2.65 bits per heavy atom. The molecule has 5 rings (SSSR count). The number of nitrogen functional groups attached to an aromatic ring is 1. The van der Waals surface area contributed by atoms with Crippen LogP contribution >= 0.6 is 0 Å². The van der Waals surface area contributed by atoms with E-state index in [0.29, 0.717) is 33.8 Å². The summed E-state index contributed by atoms with van der Waals surface area (Å²) >= 11 is 0. The van der Waals surface area contributed by atoms with Crippen LogP contribution in [0.4, 0.5) is 11.4 Å². The van der Waals surface area contributed by atoms with Gasteiger partial charge in [-0.3, -0.25) is 4.79 Å². The van der Waals surface area contributed by atoms with Crippen LogP contribution in [0, 0.1) is 0 Å². The molecule has 0 saturated heterocycles. The van der Waals surface area contributed by atoms with Crippen molar-refractivity contribution in [2.75, 3.05) is 11.1 Å². The second kappa shape index (κ2) is 7.42. The lowest BCUT2D eigenvalue weighted by molar-refractivity contribution is -0.110. The molecule has 3 N–H and O–H groups in total. The zero-order chi connectivity index (χ0) is 21.6. The van der Waals surface area contributed by atoms with Crippen molar-refractivity contribution in [2.45, 2.75) is 36.3 Å². The molecule has 1 aliphatic heterocycles. The number of fused-ring (bicyclic) bond motifs is 2. The number of sulfone groups is 1. The summed E-state index contributed by atoms with van der Waals surface area (Å²) in [6, 6.07) is 13.6. The number of rotatable bonds is 4. The minimum atomic E-state index is -3.56. The molecule has 0 unspecified atom stereocenters. The molecule has 7 heteroatoms. The molecule has 0 fully saturated rings. The van der Waals surface area contributed by atoms with E-state index in [1.165, 1.54) is 0 Å². The fourth-order valence-corrected chi connectivity index (χ4v) is 5.74. The van der Waals surface area contributed by atoms with Crippen molar-refractivity contribution in [3.05, 3.63) is 76.7 Å². The monoisotopic (exact) mass is 434 g/mol. The highest BCUT2D eigenvalue weighted by atomic mass is 32.2. The van der Waals surface area contributed by atoms with Crippen LogP contribution in [0.3, 0.4) is 0 Å². The standard InChI is InChI=1S/C24H22N2O4S/c25-15-10-11-21-18(12-15)19(24(27)26-21)13-23-20(17-8-4-5-9-22(17)30-23)14-31(28,29)16-6-2-1-3-7-16/h1-3,6-7,10-13H,4-5,8-9,14,25H2,(H,26,27). The van der Waals surface area contributed by atoms with Gasteiger partial charge in [0.1, 0.15) is 11.5 Å². The highest BCUT2D eigenvalue weighted by Crippen LogP contribution is 2.38. The van der Waals surface area contributed by atoms with Crippen molar-refractivity contribution in [3.8, 4) is 0 Å². The number of nitrogens with one attached hydrogen (secondary N) is 1. The number of amides is 1. The Bertz CT molecular complexity index is 1320. The summed E-state index contributed by atoms with van der Waals surface area (Å²) in [5, 5.41) is 2.83. The van der Waals surface area contributed by atoms with Crippen LogP contribution in [-0.2, 0) is 33.2 Å². The lowest BCUT2D eigenvalue weighted by Crippen LogP contribution is -2.09. The third-order valence-corrected chi connectivity index (χ3v) is 7.51. The average Bonchev–Trinajstić information content (AvgIpc) is 3.26. The first-order valence-corrected chi connectivity index (χ1v) is 11.9. The molecule has 1 aromatic heterocycles. The maximum absolute atomic E-state index is 13.1. The molecule has 2 aliphatic rings. The van der Waals surface area contributed by atoms with E-state index in [-0.39, 0.29) is 16.6 Å². The molecule has 0 radical (unpaired) electrons. The minimum absolute atomic E-state index is 0.166. The highest BCUT2D eigenvalue weighted by Gasteiger charge is 2.29. The number of anilines is 2. The molecular formula is C24H22N2O4S. The van der Waals surface area contributed by atoms with E-state index in [1.54, 1.807) is 54.6 Å². The molecule has 2 heterocycles. The second-order valence-corrected chi connectivity index (χ2v) is 9.93. The van der Waals surface area contributed by atoms with Crippen LogP contribution in [-0.4, -0.2) is 14.3 Å². The summed E-state index contributed by atoms with van der Waals surface area (Å²) in [4.78, 5) is 12.9. The number of hydrogen-bond donors (Lipinski definition) is 2. The molecule has 0 spiro atoms. The Morgan fingerprint density at radius 2 is 1.84 bits per heavy atom. The Kier molecular flexibility index (Phi) is 4.70. The summed E-state index contributed by atoms with van der Waals surface area (Å²) in [7, 11) is -3.56. The van der Waals surface area contributed by atoms with Gasteiger partial charge in [-0.25, -0.2) is 8.42 Å². The molecule has 1 aliphatic carbocycles. The third-order valence-electron chi connectivity index (χ3n) is 5.85. The maximum atomic E-state index is 13.1. The number of nitrogens with two attached hydrogens (primary N) is 1. The first kappa shape index (κ1) is 19.6. The minimum Gasteiger partial charge on any atom is -0.461 e. The van der Waals surface area contributed by atoms with E-state index in [9.17, 15) is 13.2 Å². The fourth-order valence-electron chi connectivity index (χ4n) is 4.31. The van der Waals surface area contributed by atoms with E-state index in [2.05, 4.69) is 5.32 Å². The topological polar surface area (TPSA) is 102 Å². The number of furan rings is 1. The molecular weight excluding hydrogens is 412 g/mol. The summed E-state index contributed by atoms with van der Waals surface area (Å²) in [5.41, 5.74) is 9.87. The van der Waals surface area contributed by atoms with Crippen LogP contribution in [0.5, 0.6) is 0 Å². The van der Waals surface area contributed by atoms with Crippen LogP contribution in [0.15, 0.2) is 57.8 Å². The average molecular weight is 435 g/mol. The summed E-state index contributed by atoms with van der Waals surface area (Å²) in [6.07, 6.45) is 5.20. The zero-order valence-corrected chi connectivity index (χ0v) is 17.7. The fraction of sp³-hybridized carbons (Fsp3) is 0.208. The van der Waals surface area contributed by atoms with E-state index in [1.807, 2.05) is 0 Å². The lowest BCUT2D eigenvalue weighted by Gasteiger charge is -2.11. The van der Waals surface area contributed by atoms with Gasteiger partial charge in [-0.2, -0.15) is 0 Å². The second-order valence-electron chi connectivity index (χ2n) is 7.94. The van der Waals surface area contributed by atoms with Gasteiger partial charge in [0.05, 0.1) is 16.2 Å². The predicted molar refractivity (Wildman–Crippen MR) is 120 cm³/mol. The van der Waals surface area contributed by atoms with Gasteiger partial charge in [0.25, 0.3) is 5.91 Å². The van der Waals surface area contributed by atoms with E-state index >= 15 is 0 Å². The highest BCUT2D eigenvalue weighted by molar-refractivity contribution is 7.90. The van der Waals surface area contributed by atoms with E-state index in [0.717, 1.165) is 37.0 Å². The Balaban J connectivity index is 1.63. The number of carbonyl (C=O) groups is 1. The van der Waals surface area contributed by atoms with Crippen LogP contribution in [0.1, 0.15) is 41.1 Å². The Morgan fingerprint density at radius 1 is 1.06 bits per heavy atom. The molecule has 6 nitrogen and oxygen atoms in total. The summed E-state index contributed by atoms with van der Waals surface area (Å²) < 4.78 is 32.4. The first-order chi connectivity index (χ1) is 14.9. The molecule has 0 atom stereocenters. The van der Waals surface area contributed by atoms with Gasteiger partial charge in [0.2, 0.25) is 0 Å². The maximum Gasteiger partial charge on any atom is 0.256 e. The first-order valence-electron chi connectivity index (χ1n) is 10.3. The SMILES string of the molecule is Nc1ccc2c(c1)C(=Cc1oc3c(c1CS(=O)(=O)c1ccccc1)CCCC3)C(=O)N2. The van der Waals surface area contributed by atoms with Gasteiger partial charge in [-0.15, -0.1) is 0 Å². The third kappa shape index (κ3) is 3.55. The molecule has 158 valence electrons. The zero-order valence-electron chi connectivity index (χ0n) is 16.9. The van der Waals surface area contributed by atoms with Gasteiger partial charge in [-0.05, 0) is 61.2 Å². The molecule has 2 aromatic carbocycles. The van der Waals surface area contributed by atoms with E-state index < -0.39 is 9.84 Å².